The number of methoxy groups -OCH3 is 1. The second kappa shape index (κ2) is 8.80. The van der Waals surface area contributed by atoms with Crippen LogP contribution in [0.5, 0.6) is 11.5 Å². The van der Waals surface area contributed by atoms with E-state index in [2.05, 4.69) is 10.5 Å². The normalized spacial score (nSPS) is 10.8. The summed E-state index contributed by atoms with van der Waals surface area (Å²) in [5.74, 6) is -0.189. The van der Waals surface area contributed by atoms with Crippen molar-refractivity contribution < 1.29 is 18.3 Å². The molecule has 0 aromatic heterocycles. The van der Waals surface area contributed by atoms with E-state index in [4.69, 9.17) is 9.47 Å². The van der Waals surface area contributed by atoms with Crippen molar-refractivity contribution in [3.63, 3.8) is 0 Å². The molecular weight excluding hydrogens is 350 g/mol. The zero-order valence-corrected chi connectivity index (χ0v) is 14.7. The van der Waals surface area contributed by atoms with Crippen molar-refractivity contribution in [2.45, 2.75) is 6.61 Å². The van der Waals surface area contributed by atoms with E-state index < -0.39 is 11.6 Å². The van der Waals surface area contributed by atoms with Crippen molar-refractivity contribution in [3.05, 3.63) is 89.5 Å². The Morgan fingerprint density at radius 1 is 0.963 bits per heavy atom. The Kier molecular flexibility index (Phi) is 5.99. The summed E-state index contributed by atoms with van der Waals surface area (Å²) >= 11 is 0. The molecule has 3 aromatic carbocycles. The Balaban J connectivity index is 1.66. The number of hydrogen-bond acceptors (Lipinski definition) is 4. The second-order valence-electron chi connectivity index (χ2n) is 5.68. The van der Waals surface area contributed by atoms with Gasteiger partial charge in [-0.1, -0.05) is 30.3 Å². The first-order chi connectivity index (χ1) is 13.2. The zero-order valence-electron chi connectivity index (χ0n) is 14.7. The summed E-state index contributed by atoms with van der Waals surface area (Å²) in [6, 6.07) is 18.4. The van der Waals surface area contributed by atoms with Crippen LogP contribution in [0, 0.1) is 11.6 Å². The second-order valence-corrected chi connectivity index (χ2v) is 5.68. The molecule has 3 rings (SSSR count). The molecular formula is C21H18F2N2O2. The summed E-state index contributed by atoms with van der Waals surface area (Å²) in [6.45, 7) is 0.427. The fourth-order valence-electron chi connectivity index (χ4n) is 2.38. The number of hydrogen-bond donors (Lipinski definition) is 1. The van der Waals surface area contributed by atoms with Crippen molar-refractivity contribution in [3.8, 4) is 11.5 Å². The van der Waals surface area contributed by atoms with Gasteiger partial charge in [0.15, 0.2) is 17.3 Å². The van der Waals surface area contributed by atoms with Crippen LogP contribution in [-0.4, -0.2) is 13.3 Å². The molecule has 0 saturated carbocycles. The number of nitrogens with zero attached hydrogens (tertiary/aromatic N) is 1. The smallest absolute Gasteiger partial charge is 0.161 e. The molecule has 138 valence electrons. The van der Waals surface area contributed by atoms with E-state index >= 15 is 0 Å². The van der Waals surface area contributed by atoms with Gasteiger partial charge in [-0.2, -0.15) is 5.10 Å². The molecule has 0 radical (unpaired) electrons. The third-order valence-electron chi connectivity index (χ3n) is 3.75. The van der Waals surface area contributed by atoms with E-state index in [1.54, 1.807) is 25.3 Å². The molecule has 0 fully saturated rings. The van der Waals surface area contributed by atoms with Crippen LogP contribution in [0.25, 0.3) is 0 Å². The summed E-state index contributed by atoms with van der Waals surface area (Å²) in [5.41, 5.74) is 4.41. The van der Waals surface area contributed by atoms with Gasteiger partial charge in [-0.3, -0.25) is 5.43 Å². The van der Waals surface area contributed by atoms with Crippen molar-refractivity contribution in [2.75, 3.05) is 12.5 Å². The van der Waals surface area contributed by atoms with Gasteiger partial charge in [-0.25, -0.2) is 8.78 Å². The number of anilines is 1. The minimum absolute atomic E-state index is 0.0856. The maximum Gasteiger partial charge on any atom is 0.161 e. The van der Waals surface area contributed by atoms with Crippen LogP contribution in [0.1, 0.15) is 11.1 Å². The van der Waals surface area contributed by atoms with Crippen molar-refractivity contribution >= 4 is 11.9 Å². The Morgan fingerprint density at radius 2 is 1.78 bits per heavy atom. The summed E-state index contributed by atoms with van der Waals surface area (Å²) in [5, 5.41) is 3.97. The summed E-state index contributed by atoms with van der Waals surface area (Å²) in [6.07, 6.45) is 1.51. The summed E-state index contributed by atoms with van der Waals surface area (Å²) in [7, 11) is 1.55. The van der Waals surface area contributed by atoms with E-state index in [9.17, 15) is 8.78 Å². The molecule has 27 heavy (non-hydrogen) atoms. The summed E-state index contributed by atoms with van der Waals surface area (Å²) < 4.78 is 37.6. The quantitative estimate of drug-likeness (QED) is 0.471. The van der Waals surface area contributed by atoms with Gasteiger partial charge >= 0.3 is 0 Å². The molecule has 0 spiro atoms. The summed E-state index contributed by atoms with van der Waals surface area (Å²) in [4.78, 5) is 0. The molecule has 4 nitrogen and oxygen atoms in total. The number of ether oxygens (including phenoxy) is 2. The maximum absolute atomic E-state index is 13.6. The lowest BCUT2D eigenvalue weighted by Crippen LogP contribution is -1.99. The fourth-order valence-corrected chi connectivity index (χ4v) is 2.38. The highest BCUT2D eigenvalue weighted by molar-refractivity contribution is 5.81. The Bertz CT molecular complexity index is 931. The first kappa shape index (κ1) is 18.4. The lowest BCUT2D eigenvalue weighted by atomic mass is 10.2. The highest BCUT2D eigenvalue weighted by atomic mass is 19.1. The van der Waals surface area contributed by atoms with Crippen LogP contribution < -0.4 is 14.9 Å². The minimum atomic E-state index is -0.714. The third-order valence-corrected chi connectivity index (χ3v) is 3.75. The van der Waals surface area contributed by atoms with Gasteiger partial charge in [0.2, 0.25) is 0 Å². The third kappa shape index (κ3) is 5.04. The van der Waals surface area contributed by atoms with E-state index in [0.717, 1.165) is 23.3 Å². The van der Waals surface area contributed by atoms with Crippen LogP contribution >= 0.6 is 0 Å². The average molecular weight is 368 g/mol. The van der Waals surface area contributed by atoms with Crippen LogP contribution in [-0.2, 0) is 6.61 Å². The van der Waals surface area contributed by atoms with Gasteiger partial charge in [-0.05, 0) is 41.5 Å². The van der Waals surface area contributed by atoms with E-state index in [1.807, 2.05) is 30.3 Å². The number of rotatable bonds is 7. The maximum atomic E-state index is 13.6. The molecule has 3 aromatic rings. The number of hydrazone groups is 1. The first-order valence-corrected chi connectivity index (χ1v) is 8.24. The van der Waals surface area contributed by atoms with Gasteiger partial charge in [-0.15, -0.1) is 0 Å². The fraction of sp³-hybridized carbons (Fsp3) is 0.0952. The molecule has 0 atom stereocenters. The molecule has 0 unspecified atom stereocenters. The highest BCUT2D eigenvalue weighted by Crippen LogP contribution is 2.28. The lowest BCUT2D eigenvalue weighted by Gasteiger charge is -2.11. The number of nitrogens with one attached hydrogen (secondary N) is 1. The van der Waals surface area contributed by atoms with Crippen LogP contribution in [0.4, 0.5) is 14.5 Å². The minimum Gasteiger partial charge on any atom is -0.493 e. The van der Waals surface area contributed by atoms with E-state index in [1.165, 1.54) is 12.3 Å². The first-order valence-electron chi connectivity index (χ1n) is 8.24. The largest absolute Gasteiger partial charge is 0.493 e. The molecule has 0 aliphatic rings. The van der Waals surface area contributed by atoms with E-state index in [0.29, 0.717) is 18.1 Å². The van der Waals surface area contributed by atoms with Crippen molar-refractivity contribution in [2.24, 2.45) is 5.10 Å². The molecule has 0 aliphatic heterocycles. The van der Waals surface area contributed by atoms with Gasteiger partial charge in [0.1, 0.15) is 12.4 Å². The molecule has 0 bridgehead atoms. The van der Waals surface area contributed by atoms with Crippen molar-refractivity contribution in [1.82, 2.24) is 0 Å². The monoisotopic (exact) mass is 368 g/mol. The predicted octanol–water partition coefficient (Wildman–Crippen LogP) is 5.00. The standard InChI is InChI=1S/C21H18F2N2O2/c1-26-21-11-16(13-24-25-19-9-8-17(22)12-18(19)23)7-10-20(21)27-14-15-5-3-2-4-6-15/h2-13,25H,14H2,1H3/b24-13+. The molecule has 1 N–H and O–H groups in total. The van der Waals surface area contributed by atoms with Gasteiger partial charge < -0.3 is 9.47 Å². The van der Waals surface area contributed by atoms with E-state index in [-0.39, 0.29) is 5.69 Å². The Hall–Kier alpha value is -3.41. The lowest BCUT2D eigenvalue weighted by molar-refractivity contribution is 0.284. The van der Waals surface area contributed by atoms with Gasteiger partial charge in [0.25, 0.3) is 0 Å². The van der Waals surface area contributed by atoms with Crippen LogP contribution in [0.3, 0.4) is 0 Å². The predicted molar refractivity (Wildman–Crippen MR) is 101 cm³/mol. The zero-order chi connectivity index (χ0) is 19.1. The Labute approximate surface area is 156 Å². The Morgan fingerprint density at radius 3 is 2.52 bits per heavy atom. The SMILES string of the molecule is COc1cc(/C=N/Nc2ccc(F)cc2F)ccc1OCc1ccccc1. The molecule has 6 heteroatoms. The number of halogens is 2. The molecule has 0 heterocycles. The molecule has 0 amide bonds. The van der Waals surface area contributed by atoms with Crippen molar-refractivity contribution in [1.29, 1.82) is 0 Å². The van der Waals surface area contributed by atoms with Crippen LogP contribution in [0.2, 0.25) is 0 Å². The van der Waals surface area contributed by atoms with Crippen LogP contribution in [0.15, 0.2) is 71.8 Å². The highest BCUT2D eigenvalue weighted by Gasteiger charge is 2.06. The van der Waals surface area contributed by atoms with Gasteiger partial charge in [0, 0.05) is 6.07 Å². The topological polar surface area (TPSA) is 42.8 Å². The average Bonchev–Trinajstić information content (AvgIpc) is 2.69. The molecule has 0 saturated heterocycles. The van der Waals surface area contributed by atoms with Gasteiger partial charge in [0.05, 0.1) is 19.0 Å². The number of benzene rings is 3. The molecule has 0 aliphatic carbocycles.